The summed E-state index contributed by atoms with van der Waals surface area (Å²) in [5.41, 5.74) is 1.45. The summed E-state index contributed by atoms with van der Waals surface area (Å²) in [6.07, 6.45) is 1.60. The zero-order chi connectivity index (χ0) is 9.54. The van der Waals surface area contributed by atoms with Gasteiger partial charge in [-0.25, -0.2) is 4.98 Å². The van der Waals surface area contributed by atoms with Crippen molar-refractivity contribution in [3.63, 3.8) is 0 Å². The normalized spacial score (nSPS) is 10.5. The highest BCUT2D eigenvalue weighted by molar-refractivity contribution is 6.40. The second kappa shape index (κ2) is 3.55. The highest BCUT2D eigenvalue weighted by Crippen LogP contribution is 2.30. The maximum absolute atomic E-state index is 6.22. The third-order valence-corrected chi connectivity index (χ3v) is 2.65. The Bertz CT molecular complexity index is 615. The van der Waals surface area contributed by atoms with Crippen LogP contribution in [-0.2, 0) is 0 Å². The van der Waals surface area contributed by atoms with Crippen molar-refractivity contribution in [2.75, 3.05) is 0 Å². The van der Waals surface area contributed by atoms with Gasteiger partial charge in [-0.05, 0) is 12.1 Å². The molecule has 0 bridgehead atoms. The smallest absolute Gasteiger partial charge is 0.227 e. The van der Waals surface area contributed by atoms with E-state index in [0.29, 0.717) is 10.7 Å². The first-order valence-corrected chi connectivity index (χ1v) is 4.65. The van der Waals surface area contributed by atoms with Crippen LogP contribution < -0.4 is 0 Å². The van der Waals surface area contributed by atoms with Crippen LogP contribution in [0.4, 0.5) is 0 Å². The van der Waals surface area contributed by atoms with Crippen molar-refractivity contribution in [2.45, 2.75) is 7.43 Å². The molecule has 3 aromatic rings. The fourth-order valence-corrected chi connectivity index (χ4v) is 1.87. The standard InChI is InChI=1S/C11H6ClNO.CH4/c12-10-7-3-1-2-4-9(7)13-11-8(10)5-6-14-11;/h1-6H;1H4. The number of furan rings is 1. The summed E-state index contributed by atoms with van der Waals surface area (Å²) < 4.78 is 5.21. The van der Waals surface area contributed by atoms with Crippen LogP contribution in [-0.4, -0.2) is 4.98 Å². The van der Waals surface area contributed by atoms with Crippen molar-refractivity contribution in [3.05, 3.63) is 41.6 Å². The van der Waals surface area contributed by atoms with Crippen LogP contribution in [0.2, 0.25) is 5.02 Å². The molecule has 0 fully saturated rings. The highest BCUT2D eigenvalue weighted by Gasteiger charge is 2.07. The first kappa shape index (κ1) is 9.99. The van der Waals surface area contributed by atoms with Crippen molar-refractivity contribution in [1.29, 1.82) is 0 Å². The Morgan fingerprint density at radius 2 is 1.87 bits per heavy atom. The van der Waals surface area contributed by atoms with E-state index in [1.54, 1.807) is 6.26 Å². The first-order valence-electron chi connectivity index (χ1n) is 4.28. The Morgan fingerprint density at radius 1 is 1.07 bits per heavy atom. The minimum atomic E-state index is 0. The number of halogens is 1. The molecular weight excluding hydrogens is 210 g/mol. The van der Waals surface area contributed by atoms with Gasteiger partial charge in [-0.3, -0.25) is 0 Å². The molecule has 0 spiro atoms. The molecule has 1 aromatic carbocycles. The number of rotatable bonds is 0. The van der Waals surface area contributed by atoms with Crippen LogP contribution in [0.15, 0.2) is 41.0 Å². The summed E-state index contributed by atoms with van der Waals surface area (Å²) in [6, 6.07) is 9.58. The number of fused-ring (bicyclic) bond motifs is 2. The molecule has 0 aliphatic carbocycles. The fourth-order valence-electron chi connectivity index (χ4n) is 1.57. The molecule has 0 unspecified atom stereocenters. The van der Waals surface area contributed by atoms with E-state index in [1.807, 2.05) is 30.3 Å². The Hall–Kier alpha value is -1.54. The predicted molar refractivity (Wildman–Crippen MR) is 63.3 cm³/mol. The highest BCUT2D eigenvalue weighted by atomic mass is 35.5. The second-order valence-electron chi connectivity index (χ2n) is 3.08. The van der Waals surface area contributed by atoms with E-state index in [2.05, 4.69) is 4.98 Å². The van der Waals surface area contributed by atoms with Gasteiger partial charge in [0.2, 0.25) is 5.71 Å². The van der Waals surface area contributed by atoms with E-state index in [4.69, 9.17) is 16.0 Å². The Balaban J connectivity index is 0.000000853. The summed E-state index contributed by atoms with van der Waals surface area (Å²) >= 11 is 6.22. The van der Waals surface area contributed by atoms with E-state index in [1.165, 1.54) is 0 Å². The maximum atomic E-state index is 6.22. The van der Waals surface area contributed by atoms with Crippen LogP contribution in [0.1, 0.15) is 7.43 Å². The minimum Gasteiger partial charge on any atom is -0.446 e. The van der Waals surface area contributed by atoms with Gasteiger partial charge in [0.05, 0.1) is 22.2 Å². The number of hydrogen-bond donors (Lipinski definition) is 0. The molecule has 2 nitrogen and oxygen atoms in total. The molecule has 76 valence electrons. The van der Waals surface area contributed by atoms with Crippen LogP contribution >= 0.6 is 11.6 Å². The number of pyridine rings is 1. The van der Waals surface area contributed by atoms with E-state index in [-0.39, 0.29) is 7.43 Å². The summed E-state index contributed by atoms with van der Waals surface area (Å²) in [6.45, 7) is 0. The fraction of sp³-hybridized carbons (Fsp3) is 0.0833. The number of benzene rings is 1. The minimum absolute atomic E-state index is 0. The van der Waals surface area contributed by atoms with Crippen molar-refractivity contribution in [2.24, 2.45) is 0 Å². The lowest BCUT2D eigenvalue weighted by molar-refractivity contribution is 0.604. The van der Waals surface area contributed by atoms with E-state index >= 15 is 0 Å². The molecule has 0 aliphatic heterocycles. The molecule has 0 amide bonds. The van der Waals surface area contributed by atoms with Gasteiger partial charge in [-0.15, -0.1) is 0 Å². The molecule has 3 heteroatoms. The molecule has 0 radical (unpaired) electrons. The van der Waals surface area contributed by atoms with Crippen LogP contribution in [0.25, 0.3) is 22.0 Å². The maximum Gasteiger partial charge on any atom is 0.227 e. The van der Waals surface area contributed by atoms with E-state index in [0.717, 1.165) is 16.3 Å². The van der Waals surface area contributed by atoms with Crippen molar-refractivity contribution in [3.8, 4) is 0 Å². The van der Waals surface area contributed by atoms with Crippen molar-refractivity contribution >= 4 is 33.6 Å². The third-order valence-electron chi connectivity index (χ3n) is 2.24. The van der Waals surface area contributed by atoms with Crippen molar-refractivity contribution in [1.82, 2.24) is 4.98 Å². The van der Waals surface area contributed by atoms with Gasteiger partial charge in [0.15, 0.2) is 0 Å². The quantitative estimate of drug-likeness (QED) is 0.564. The Labute approximate surface area is 92.5 Å². The van der Waals surface area contributed by atoms with Crippen LogP contribution in [0, 0.1) is 0 Å². The zero-order valence-electron chi connectivity index (χ0n) is 7.20. The van der Waals surface area contributed by atoms with Crippen LogP contribution in [0.3, 0.4) is 0 Å². The average Bonchev–Trinajstić information content (AvgIpc) is 2.66. The topological polar surface area (TPSA) is 26.0 Å². The number of nitrogens with zero attached hydrogens (tertiary/aromatic N) is 1. The van der Waals surface area contributed by atoms with Gasteiger partial charge in [0, 0.05) is 5.39 Å². The van der Waals surface area contributed by atoms with Gasteiger partial charge in [-0.2, -0.15) is 0 Å². The predicted octanol–water partition coefficient (Wildman–Crippen LogP) is 4.27. The largest absolute Gasteiger partial charge is 0.446 e. The zero-order valence-corrected chi connectivity index (χ0v) is 7.95. The molecule has 0 saturated heterocycles. The summed E-state index contributed by atoms with van der Waals surface area (Å²) in [5, 5.41) is 2.53. The van der Waals surface area contributed by atoms with Gasteiger partial charge >= 0.3 is 0 Å². The molecular formula is C12H10ClNO. The van der Waals surface area contributed by atoms with E-state index in [9.17, 15) is 0 Å². The van der Waals surface area contributed by atoms with E-state index < -0.39 is 0 Å². The molecule has 0 atom stereocenters. The lowest BCUT2D eigenvalue weighted by Crippen LogP contribution is -1.80. The summed E-state index contributed by atoms with van der Waals surface area (Å²) in [4.78, 5) is 4.35. The van der Waals surface area contributed by atoms with Gasteiger partial charge in [0.1, 0.15) is 0 Å². The molecule has 2 heterocycles. The van der Waals surface area contributed by atoms with Gasteiger partial charge < -0.3 is 4.42 Å². The molecule has 0 N–H and O–H groups in total. The lowest BCUT2D eigenvalue weighted by atomic mass is 10.2. The summed E-state index contributed by atoms with van der Waals surface area (Å²) in [7, 11) is 0. The average molecular weight is 220 g/mol. The summed E-state index contributed by atoms with van der Waals surface area (Å²) in [5.74, 6) is 0. The third kappa shape index (κ3) is 1.38. The molecule has 15 heavy (non-hydrogen) atoms. The molecule has 0 aliphatic rings. The molecule has 0 saturated carbocycles. The van der Waals surface area contributed by atoms with Gasteiger partial charge in [0.25, 0.3) is 0 Å². The number of aromatic nitrogens is 1. The Kier molecular flexibility index (Phi) is 2.37. The lowest BCUT2D eigenvalue weighted by Gasteiger charge is -1.99. The Morgan fingerprint density at radius 3 is 2.73 bits per heavy atom. The first-order chi connectivity index (χ1) is 6.86. The second-order valence-corrected chi connectivity index (χ2v) is 3.46. The number of hydrogen-bond acceptors (Lipinski definition) is 2. The SMILES string of the molecule is C.Clc1c2ccccc2nc2occc12. The monoisotopic (exact) mass is 219 g/mol. The van der Waals surface area contributed by atoms with Gasteiger partial charge in [-0.1, -0.05) is 37.2 Å². The molecule has 3 rings (SSSR count). The number of para-hydroxylation sites is 1. The van der Waals surface area contributed by atoms with Crippen molar-refractivity contribution < 1.29 is 4.42 Å². The van der Waals surface area contributed by atoms with Crippen LogP contribution in [0.5, 0.6) is 0 Å². The molecule has 2 aromatic heterocycles.